The highest BCUT2D eigenvalue weighted by Gasteiger charge is 2.25. The Morgan fingerprint density at radius 1 is 1.11 bits per heavy atom. The van der Waals surface area contributed by atoms with Crippen LogP contribution >= 0.6 is 11.8 Å². The van der Waals surface area contributed by atoms with Gasteiger partial charge in [-0.1, -0.05) is 12.1 Å². The molecule has 3 rings (SSSR count). The molecule has 5 nitrogen and oxygen atoms in total. The highest BCUT2D eigenvalue weighted by atomic mass is 32.2. The Bertz CT molecular complexity index is 903. The largest absolute Gasteiger partial charge is 0.457 e. The summed E-state index contributed by atoms with van der Waals surface area (Å²) in [6.07, 6.45) is -0.0875. The lowest BCUT2D eigenvalue weighted by atomic mass is 10.1. The minimum absolute atomic E-state index is 0.0844. The number of Topliss-reactive ketones (excluding diaryl/α,β-unsaturated/α-hetero) is 1. The van der Waals surface area contributed by atoms with Crippen LogP contribution < -0.4 is 4.90 Å². The monoisotopic (exact) mass is 391 g/mol. The van der Waals surface area contributed by atoms with Crippen molar-refractivity contribution in [1.29, 1.82) is 0 Å². The van der Waals surface area contributed by atoms with Crippen molar-refractivity contribution < 1.29 is 27.9 Å². The first-order valence-corrected chi connectivity index (χ1v) is 9.10. The Morgan fingerprint density at radius 2 is 1.89 bits per heavy atom. The average molecular weight is 391 g/mol. The van der Waals surface area contributed by atoms with E-state index in [2.05, 4.69) is 0 Å². The van der Waals surface area contributed by atoms with Gasteiger partial charge in [0.05, 0.1) is 17.9 Å². The highest BCUT2D eigenvalue weighted by Crippen LogP contribution is 2.34. The number of halogens is 2. The number of hydrogen-bond donors (Lipinski definition) is 0. The third-order valence-corrected chi connectivity index (χ3v) is 5.00. The van der Waals surface area contributed by atoms with E-state index in [1.165, 1.54) is 16.7 Å². The van der Waals surface area contributed by atoms with Gasteiger partial charge in [0.25, 0.3) is 0 Å². The van der Waals surface area contributed by atoms with Gasteiger partial charge in [0.2, 0.25) is 5.91 Å². The molecule has 1 aliphatic rings. The van der Waals surface area contributed by atoms with Crippen LogP contribution in [0.3, 0.4) is 0 Å². The molecule has 1 heterocycles. The summed E-state index contributed by atoms with van der Waals surface area (Å²) in [7, 11) is 0. The van der Waals surface area contributed by atoms with E-state index < -0.39 is 30.0 Å². The Hall–Kier alpha value is -2.74. The second-order valence-electron chi connectivity index (χ2n) is 5.76. The lowest BCUT2D eigenvalue weighted by molar-refractivity contribution is -0.142. The maximum atomic E-state index is 13.1. The molecule has 0 fully saturated rings. The van der Waals surface area contributed by atoms with Crippen LogP contribution in [0.15, 0.2) is 47.4 Å². The number of carbonyl (C=O) groups is 3. The second kappa shape index (κ2) is 8.30. The Labute approximate surface area is 158 Å². The molecule has 0 saturated carbocycles. The van der Waals surface area contributed by atoms with Crippen LogP contribution in [0.25, 0.3) is 0 Å². The van der Waals surface area contributed by atoms with Crippen molar-refractivity contribution in [2.75, 3.05) is 23.8 Å². The molecule has 0 saturated heterocycles. The van der Waals surface area contributed by atoms with Crippen LogP contribution in [0, 0.1) is 11.6 Å². The third-order valence-electron chi connectivity index (χ3n) is 3.95. The summed E-state index contributed by atoms with van der Waals surface area (Å²) in [6.45, 7) is -0.446. The van der Waals surface area contributed by atoms with E-state index in [0.717, 1.165) is 28.8 Å². The maximum absolute atomic E-state index is 13.1. The quantitative estimate of drug-likeness (QED) is 0.559. The number of esters is 1. The predicted molar refractivity (Wildman–Crippen MR) is 95.8 cm³/mol. The molecule has 0 radical (unpaired) electrons. The highest BCUT2D eigenvalue weighted by molar-refractivity contribution is 8.00. The molecule has 0 atom stereocenters. The van der Waals surface area contributed by atoms with E-state index in [0.29, 0.717) is 5.75 Å². The molecule has 0 N–H and O–H groups in total. The summed E-state index contributed by atoms with van der Waals surface area (Å²) in [6, 6.07) is 10.1. The molecule has 0 aliphatic carbocycles. The summed E-state index contributed by atoms with van der Waals surface area (Å²) < 4.78 is 30.9. The molecule has 0 unspecified atom stereocenters. The minimum atomic E-state index is -1.15. The van der Waals surface area contributed by atoms with Gasteiger partial charge in [-0.15, -0.1) is 11.8 Å². The normalized spacial score (nSPS) is 13.3. The number of nitrogens with zero attached hydrogens (tertiary/aromatic N) is 1. The van der Waals surface area contributed by atoms with Gasteiger partial charge in [0, 0.05) is 17.0 Å². The van der Waals surface area contributed by atoms with E-state index in [1.807, 2.05) is 18.2 Å². The number of benzene rings is 2. The Balaban J connectivity index is 1.53. The van der Waals surface area contributed by atoms with Crippen molar-refractivity contribution in [2.24, 2.45) is 0 Å². The molecule has 140 valence electrons. The fraction of sp³-hybridized carbons (Fsp3) is 0.211. The van der Waals surface area contributed by atoms with Gasteiger partial charge >= 0.3 is 5.97 Å². The zero-order valence-corrected chi connectivity index (χ0v) is 14.9. The molecule has 0 aromatic heterocycles. The summed E-state index contributed by atoms with van der Waals surface area (Å²) in [5, 5.41) is 0. The van der Waals surface area contributed by atoms with Gasteiger partial charge in [-0.2, -0.15) is 0 Å². The zero-order valence-electron chi connectivity index (χ0n) is 14.1. The van der Waals surface area contributed by atoms with Crippen LogP contribution in [0.1, 0.15) is 16.8 Å². The summed E-state index contributed by atoms with van der Waals surface area (Å²) in [5.41, 5.74) is 0.656. The van der Waals surface area contributed by atoms with E-state index in [1.54, 1.807) is 6.07 Å². The van der Waals surface area contributed by atoms with Crippen LogP contribution in [0.4, 0.5) is 14.5 Å². The number of thioether (sulfide) groups is 1. The van der Waals surface area contributed by atoms with Crippen LogP contribution in [-0.2, 0) is 14.3 Å². The van der Waals surface area contributed by atoms with Crippen molar-refractivity contribution in [3.8, 4) is 0 Å². The second-order valence-corrected chi connectivity index (χ2v) is 6.78. The molecule has 2 aromatic rings. The molecule has 27 heavy (non-hydrogen) atoms. The lowest BCUT2D eigenvalue weighted by Crippen LogP contribution is -2.37. The van der Waals surface area contributed by atoms with Gasteiger partial charge in [-0.05, 0) is 30.3 Å². The van der Waals surface area contributed by atoms with Crippen molar-refractivity contribution in [2.45, 2.75) is 11.3 Å². The van der Waals surface area contributed by atoms with Crippen molar-refractivity contribution >= 4 is 35.1 Å². The molecule has 2 aromatic carbocycles. The maximum Gasteiger partial charge on any atom is 0.308 e. The molecular formula is C19H15F2NO4S. The molecular weight excluding hydrogens is 376 g/mol. The topological polar surface area (TPSA) is 63.7 Å². The van der Waals surface area contributed by atoms with Gasteiger partial charge in [-0.3, -0.25) is 14.4 Å². The SMILES string of the molecule is O=C(CCN1C(=O)CSc2ccccc21)OCC(=O)c1ccc(F)c(F)c1. The number of ketones is 1. The van der Waals surface area contributed by atoms with Gasteiger partial charge in [-0.25, -0.2) is 8.78 Å². The minimum Gasteiger partial charge on any atom is -0.457 e. The van der Waals surface area contributed by atoms with Gasteiger partial charge in [0.15, 0.2) is 24.0 Å². The van der Waals surface area contributed by atoms with E-state index in [-0.39, 0.29) is 24.4 Å². The molecule has 0 spiro atoms. The number of rotatable bonds is 6. The van der Waals surface area contributed by atoms with Gasteiger partial charge in [0.1, 0.15) is 0 Å². The van der Waals surface area contributed by atoms with Crippen LogP contribution in [0.2, 0.25) is 0 Å². The average Bonchev–Trinajstić information content (AvgIpc) is 2.67. The first kappa shape index (κ1) is 19.0. The van der Waals surface area contributed by atoms with Crippen molar-refractivity contribution in [3.63, 3.8) is 0 Å². The van der Waals surface area contributed by atoms with Gasteiger partial charge < -0.3 is 9.64 Å². The number of para-hydroxylation sites is 1. The van der Waals surface area contributed by atoms with Crippen molar-refractivity contribution in [1.82, 2.24) is 0 Å². The Morgan fingerprint density at radius 3 is 2.67 bits per heavy atom. The zero-order chi connectivity index (χ0) is 19.4. The summed E-state index contributed by atoms with van der Waals surface area (Å²) in [4.78, 5) is 38.4. The van der Waals surface area contributed by atoms with E-state index in [9.17, 15) is 23.2 Å². The molecule has 8 heteroatoms. The number of carbonyl (C=O) groups excluding carboxylic acids is 3. The summed E-state index contributed by atoms with van der Waals surface area (Å²) in [5.74, 6) is -3.32. The standard InChI is InChI=1S/C19H15F2NO4S/c20-13-6-5-12(9-14(13)21)16(23)10-26-19(25)7-8-22-15-3-1-2-4-17(15)27-11-18(22)24/h1-6,9H,7-8,10-11H2. The van der Waals surface area contributed by atoms with Crippen molar-refractivity contribution in [3.05, 3.63) is 59.7 Å². The number of ether oxygens (including phenoxy) is 1. The van der Waals surface area contributed by atoms with E-state index in [4.69, 9.17) is 4.74 Å². The number of fused-ring (bicyclic) bond motifs is 1. The lowest BCUT2D eigenvalue weighted by Gasteiger charge is -2.28. The number of amides is 1. The van der Waals surface area contributed by atoms with Crippen LogP contribution in [-0.4, -0.2) is 36.6 Å². The smallest absolute Gasteiger partial charge is 0.308 e. The van der Waals surface area contributed by atoms with Crippen LogP contribution in [0.5, 0.6) is 0 Å². The first-order chi connectivity index (χ1) is 13.0. The molecule has 0 bridgehead atoms. The molecule has 1 aliphatic heterocycles. The third kappa shape index (κ3) is 4.51. The first-order valence-electron chi connectivity index (χ1n) is 8.12. The fourth-order valence-electron chi connectivity index (χ4n) is 2.57. The number of hydrogen-bond acceptors (Lipinski definition) is 5. The fourth-order valence-corrected chi connectivity index (χ4v) is 3.51. The van der Waals surface area contributed by atoms with E-state index >= 15 is 0 Å². The predicted octanol–water partition coefficient (Wildman–Crippen LogP) is 3.22. The Kier molecular flexibility index (Phi) is 5.85. The number of anilines is 1. The summed E-state index contributed by atoms with van der Waals surface area (Å²) >= 11 is 1.44. The molecule has 1 amide bonds.